The largest absolute Gasteiger partial charge is 0.357 e. The van der Waals surface area contributed by atoms with Gasteiger partial charge in [0.2, 0.25) is 10.0 Å². The monoisotopic (exact) mass is 500 g/mol. The lowest BCUT2D eigenvalue weighted by molar-refractivity contribution is 0.425. The Kier molecular flexibility index (Phi) is 12.0. The Balaban J connectivity index is 0.00000625. The second-order valence-electron chi connectivity index (χ2n) is 5.83. The van der Waals surface area contributed by atoms with E-state index in [1.54, 1.807) is 12.1 Å². The highest BCUT2D eigenvalue weighted by molar-refractivity contribution is 14.0. The zero-order chi connectivity index (χ0) is 18.9. The Hall–Kier alpha value is -0.940. The molecule has 26 heavy (non-hydrogen) atoms. The van der Waals surface area contributed by atoms with Crippen molar-refractivity contribution >= 4 is 40.0 Å². The van der Waals surface area contributed by atoms with E-state index in [-0.39, 0.29) is 29.8 Å². The molecule has 0 heterocycles. The van der Waals surface area contributed by atoms with E-state index in [4.69, 9.17) is 0 Å². The molecule has 6 nitrogen and oxygen atoms in total. The molecule has 9 heteroatoms. The third-order valence-corrected chi connectivity index (χ3v) is 5.06. The summed E-state index contributed by atoms with van der Waals surface area (Å²) in [7, 11) is -1.24. The average Bonchev–Trinajstić information content (AvgIpc) is 2.54. The first-order valence-corrected chi connectivity index (χ1v) is 10.3. The molecular formula is C17H30FIN4O2S. The van der Waals surface area contributed by atoms with Crippen LogP contribution in [-0.2, 0) is 16.6 Å². The lowest BCUT2D eigenvalue weighted by atomic mass is 10.2. The SMILES string of the molecule is CCNC(=NCCCN(CC)S(C)(=O)=O)N(C)Cc1ccc(F)cc1.I. The Morgan fingerprint density at radius 3 is 2.35 bits per heavy atom. The summed E-state index contributed by atoms with van der Waals surface area (Å²) in [4.78, 5) is 6.51. The van der Waals surface area contributed by atoms with E-state index in [1.807, 2.05) is 25.8 Å². The van der Waals surface area contributed by atoms with Crippen LogP contribution >= 0.6 is 24.0 Å². The van der Waals surface area contributed by atoms with Crippen LogP contribution in [0.4, 0.5) is 4.39 Å². The van der Waals surface area contributed by atoms with Crippen LogP contribution in [0.3, 0.4) is 0 Å². The lowest BCUT2D eigenvalue weighted by Crippen LogP contribution is -2.38. The van der Waals surface area contributed by atoms with E-state index in [0.717, 1.165) is 18.1 Å². The normalized spacial score (nSPS) is 12.0. The molecule has 0 aliphatic rings. The second kappa shape index (κ2) is 12.4. The maximum Gasteiger partial charge on any atom is 0.211 e. The number of rotatable bonds is 9. The number of aliphatic imine (C=N–C) groups is 1. The standard InChI is InChI=1S/C17H29FN4O2S.HI/c1-5-19-17(20-12-7-13-22(6-2)25(4,23)24)21(3)14-15-8-10-16(18)11-9-15;/h8-11H,5-7,12-14H2,1-4H3,(H,19,20);1H. The Morgan fingerprint density at radius 1 is 1.23 bits per heavy atom. The molecule has 0 amide bonds. The summed E-state index contributed by atoms with van der Waals surface area (Å²) in [5, 5.41) is 3.22. The van der Waals surface area contributed by atoms with Gasteiger partial charge in [-0.2, -0.15) is 0 Å². The van der Waals surface area contributed by atoms with Gasteiger partial charge in [0.25, 0.3) is 0 Å². The van der Waals surface area contributed by atoms with Crippen molar-refractivity contribution in [2.45, 2.75) is 26.8 Å². The molecular weight excluding hydrogens is 470 g/mol. The number of sulfonamides is 1. The highest BCUT2D eigenvalue weighted by Crippen LogP contribution is 2.06. The molecule has 0 bridgehead atoms. The molecule has 0 fully saturated rings. The smallest absolute Gasteiger partial charge is 0.211 e. The number of halogens is 2. The number of hydrogen-bond donors (Lipinski definition) is 1. The highest BCUT2D eigenvalue weighted by atomic mass is 127. The first-order chi connectivity index (χ1) is 11.8. The van der Waals surface area contributed by atoms with E-state index in [2.05, 4.69) is 10.3 Å². The van der Waals surface area contributed by atoms with Gasteiger partial charge < -0.3 is 10.2 Å². The molecule has 0 saturated carbocycles. The van der Waals surface area contributed by atoms with Gasteiger partial charge in [0.15, 0.2) is 5.96 Å². The summed E-state index contributed by atoms with van der Waals surface area (Å²) in [6.45, 7) is 6.61. The molecule has 1 aromatic rings. The van der Waals surface area contributed by atoms with Crippen LogP contribution in [0.15, 0.2) is 29.3 Å². The van der Waals surface area contributed by atoms with E-state index in [0.29, 0.717) is 32.6 Å². The Morgan fingerprint density at radius 2 is 1.85 bits per heavy atom. The first-order valence-electron chi connectivity index (χ1n) is 8.47. The summed E-state index contributed by atoms with van der Waals surface area (Å²) in [6.07, 6.45) is 1.88. The molecule has 150 valence electrons. The molecule has 0 radical (unpaired) electrons. The molecule has 0 saturated heterocycles. The second-order valence-corrected chi connectivity index (χ2v) is 7.81. The number of guanidine groups is 1. The van der Waals surface area contributed by atoms with Crippen molar-refractivity contribution < 1.29 is 12.8 Å². The molecule has 1 N–H and O–H groups in total. The van der Waals surface area contributed by atoms with Gasteiger partial charge in [0, 0.05) is 39.8 Å². The number of nitrogens with zero attached hydrogens (tertiary/aromatic N) is 3. The molecule has 0 aromatic heterocycles. The van der Waals surface area contributed by atoms with Gasteiger partial charge in [0.05, 0.1) is 6.26 Å². The average molecular weight is 500 g/mol. The lowest BCUT2D eigenvalue weighted by Gasteiger charge is -2.22. The summed E-state index contributed by atoms with van der Waals surface area (Å²) in [6, 6.07) is 6.39. The quantitative estimate of drug-likeness (QED) is 0.245. The molecule has 1 aromatic carbocycles. The van der Waals surface area contributed by atoms with Crippen LogP contribution in [-0.4, -0.2) is 63.1 Å². The molecule has 1 rings (SSSR count). The van der Waals surface area contributed by atoms with E-state index in [9.17, 15) is 12.8 Å². The number of benzene rings is 1. The summed E-state index contributed by atoms with van der Waals surface area (Å²) in [5.74, 6) is 0.493. The zero-order valence-electron chi connectivity index (χ0n) is 15.9. The predicted octanol–water partition coefficient (Wildman–Crippen LogP) is 2.51. The molecule has 0 aliphatic heterocycles. The van der Waals surface area contributed by atoms with Gasteiger partial charge in [-0.25, -0.2) is 17.1 Å². The van der Waals surface area contributed by atoms with Crippen molar-refractivity contribution in [2.24, 2.45) is 4.99 Å². The van der Waals surface area contributed by atoms with E-state index >= 15 is 0 Å². The maximum absolute atomic E-state index is 13.0. The minimum absolute atomic E-state index is 0. The Labute approximate surface area is 173 Å². The van der Waals surface area contributed by atoms with Crippen molar-refractivity contribution in [1.82, 2.24) is 14.5 Å². The summed E-state index contributed by atoms with van der Waals surface area (Å²) >= 11 is 0. The molecule has 0 aliphatic carbocycles. The van der Waals surface area contributed by atoms with Gasteiger partial charge in [-0.05, 0) is 31.0 Å². The van der Waals surface area contributed by atoms with Crippen LogP contribution in [0.1, 0.15) is 25.8 Å². The fraction of sp³-hybridized carbons (Fsp3) is 0.588. The Bertz CT molecular complexity index is 653. The zero-order valence-corrected chi connectivity index (χ0v) is 19.1. The van der Waals surface area contributed by atoms with Crippen molar-refractivity contribution in [2.75, 3.05) is 39.5 Å². The van der Waals surface area contributed by atoms with Crippen molar-refractivity contribution in [3.8, 4) is 0 Å². The molecule has 0 unspecified atom stereocenters. The fourth-order valence-corrected chi connectivity index (χ4v) is 3.33. The van der Waals surface area contributed by atoms with Gasteiger partial charge in [-0.1, -0.05) is 19.1 Å². The van der Waals surface area contributed by atoms with Crippen molar-refractivity contribution in [3.05, 3.63) is 35.6 Å². The van der Waals surface area contributed by atoms with Gasteiger partial charge in [-0.15, -0.1) is 24.0 Å². The third-order valence-electron chi connectivity index (χ3n) is 3.68. The fourth-order valence-electron chi connectivity index (χ4n) is 2.40. The van der Waals surface area contributed by atoms with Gasteiger partial charge >= 0.3 is 0 Å². The third kappa shape index (κ3) is 9.13. The van der Waals surface area contributed by atoms with Crippen LogP contribution < -0.4 is 5.32 Å². The maximum atomic E-state index is 13.0. The first kappa shape index (κ1) is 25.1. The van der Waals surface area contributed by atoms with Gasteiger partial charge in [-0.3, -0.25) is 4.99 Å². The number of nitrogens with one attached hydrogen (secondary N) is 1. The summed E-state index contributed by atoms with van der Waals surface area (Å²) < 4.78 is 37.6. The van der Waals surface area contributed by atoms with Crippen LogP contribution in [0, 0.1) is 5.82 Å². The molecule has 0 atom stereocenters. The summed E-state index contributed by atoms with van der Waals surface area (Å²) in [5.41, 5.74) is 0.990. The topological polar surface area (TPSA) is 65.0 Å². The van der Waals surface area contributed by atoms with Gasteiger partial charge in [0.1, 0.15) is 5.82 Å². The van der Waals surface area contributed by atoms with E-state index in [1.165, 1.54) is 22.7 Å². The highest BCUT2D eigenvalue weighted by Gasteiger charge is 2.13. The predicted molar refractivity (Wildman–Crippen MR) is 116 cm³/mol. The van der Waals surface area contributed by atoms with Crippen LogP contribution in [0.25, 0.3) is 0 Å². The minimum atomic E-state index is -3.16. The van der Waals surface area contributed by atoms with Crippen molar-refractivity contribution in [1.29, 1.82) is 0 Å². The van der Waals surface area contributed by atoms with Crippen molar-refractivity contribution in [3.63, 3.8) is 0 Å². The minimum Gasteiger partial charge on any atom is -0.357 e. The van der Waals surface area contributed by atoms with Crippen LogP contribution in [0.2, 0.25) is 0 Å². The van der Waals surface area contributed by atoms with Crippen LogP contribution in [0.5, 0.6) is 0 Å². The number of hydrogen-bond acceptors (Lipinski definition) is 3. The molecule has 0 spiro atoms. The van der Waals surface area contributed by atoms with E-state index < -0.39 is 10.0 Å².